The Balaban J connectivity index is 1.92. The number of anilines is 1. The fraction of sp³-hybridized carbons (Fsp3) is 0.316. The molecule has 2 aliphatic rings. The number of hydrogen-bond donors (Lipinski definition) is 0. The Labute approximate surface area is 131 Å². The lowest BCUT2D eigenvalue weighted by Gasteiger charge is -2.45. The zero-order chi connectivity index (χ0) is 15.5. The molecule has 0 radical (unpaired) electrons. The molecule has 0 bridgehead atoms. The highest BCUT2D eigenvalue weighted by atomic mass is 16.5. The van der Waals surface area contributed by atoms with Crippen molar-refractivity contribution >= 4 is 11.8 Å². The van der Waals surface area contributed by atoms with Crippen molar-refractivity contribution in [3.05, 3.63) is 59.9 Å². The van der Waals surface area contributed by atoms with E-state index in [0.29, 0.717) is 0 Å². The molecule has 3 nitrogen and oxygen atoms in total. The lowest BCUT2D eigenvalue weighted by molar-refractivity contribution is -0.673. The van der Waals surface area contributed by atoms with Crippen molar-refractivity contribution in [1.29, 1.82) is 0 Å². The van der Waals surface area contributed by atoms with Crippen molar-refractivity contribution in [2.45, 2.75) is 25.0 Å². The minimum atomic E-state index is -0.488. The van der Waals surface area contributed by atoms with Crippen molar-refractivity contribution in [1.82, 2.24) is 0 Å². The van der Waals surface area contributed by atoms with Crippen LogP contribution in [0.2, 0.25) is 0 Å². The number of fused-ring (bicyclic) bond motifs is 2. The molecular formula is C19H21N2O+. The first-order valence-electron chi connectivity index (χ1n) is 7.68. The molecule has 0 aliphatic carbocycles. The topological polar surface area (TPSA) is 16.4 Å². The largest absolute Gasteiger partial charge is 0.456 e. The zero-order valence-corrected chi connectivity index (χ0v) is 13.5. The van der Waals surface area contributed by atoms with E-state index in [1.54, 1.807) is 0 Å². The second-order valence-electron chi connectivity index (χ2n) is 6.70. The number of pyridine rings is 1. The van der Waals surface area contributed by atoms with Gasteiger partial charge in [-0.25, -0.2) is 0 Å². The van der Waals surface area contributed by atoms with Crippen molar-refractivity contribution in [3.63, 3.8) is 0 Å². The normalized spacial score (nSPS) is 24.1. The third-order valence-corrected chi connectivity index (χ3v) is 5.25. The van der Waals surface area contributed by atoms with Gasteiger partial charge in [-0.1, -0.05) is 18.2 Å². The quantitative estimate of drug-likeness (QED) is 0.694. The molecule has 3 heterocycles. The number of rotatable bonds is 0. The predicted molar refractivity (Wildman–Crippen MR) is 87.9 cm³/mol. The number of nitrogens with zero attached hydrogens (tertiary/aromatic N) is 2. The first kappa shape index (κ1) is 13.4. The summed E-state index contributed by atoms with van der Waals surface area (Å²) in [6, 6.07) is 12.6. The number of benzene rings is 1. The van der Waals surface area contributed by atoms with Gasteiger partial charge in [-0.2, -0.15) is 4.57 Å². The van der Waals surface area contributed by atoms with Crippen LogP contribution >= 0.6 is 0 Å². The predicted octanol–water partition coefficient (Wildman–Crippen LogP) is 3.04. The van der Waals surface area contributed by atoms with Gasteiger partial charge in [-0.15, -0.1) is 0 Å². The summed E-state index contributed by atoms with van der Waals surface area (Å²) >= 11 is 0. The summed E-state index contributed by atoms with van der Waals surface area (Å²) < 4.78 is 8.68. The van der Waals surface area contributed by atoms with E-state index in [2.05, 4.69) is 66.8 Å². The van der Waals surface area contributed by atoms with E-state index in [9.17, 15) is 0 Å². The molecule has 1 spiro atoms. The lowest BCUT2D eigenvalue weighted by Crippen LogP contribution is -2.58. The van der Waals surface area contributed by atoms with E-state index in [0.717, 1.165) is 11.4 Å². The molecule has 4 rings (SSSR count). The van der Waals surface area contributed by atoms with Crippen LogP contribution < -0.4 is 14.2 Å². The third kappa shape index (κ3) is 1.43. The van der Waals surface area contributed by atoms with E-state index in [1.807, 2.05) is 25.4 Å². The highest BCUT2D eigenvalue weighted by Gasteiger charge is 2.58. The molecule has 0 saturated carbocycles. The van der Waals surface area contributed by atoms with Crippen LogP contribution in [0.4, 0.5) is 5.69 Å². The molecule has 0 amide bonds. The number of likely N-dealkylation sites (N-methyl/N-ethyl adjacent to an activating group) is 1. The molecule has 0 fully saturated rings. The van der Waals surface area contributed by atoms with Crippen molar-refractivity contribution in [2.24, 2.45) is 7.05 Å². The second kappa shape index (κ2) is 4.13. The first-order chi connectivity index (χ1) is 10.5. The molecule has 1 aromatic carbocycles. The molecule has 22 heavy (non-hydrogen) atoms. The number of ether oxygens (including phenoxy) is 1. The van der Waals surface area contributed by atoms with Gasteiger partial charge in [0.2, 0.25) is 11.4 Å². The van der Waals surface area contributed by atoms with Crippen LogP contribution in [0.25, 0.3) is 6.08 Å². The zero-order valence-electron chi connectivity index (χ0n) is 13.5. The molecule has 0 saturated heterocycles. The molecule has 0 N–H and O–H groups in total. The Hall–Kier alpha value is -2.29. The number of aromatic nitrogens is 1. The number of hydrogen-bond acceptors (Lipinski definition) is 2. The Morgan fingerprint density at radius 3 is 2.64 bits per heavy atom. The maximum atomic E-state index is 6.59. The van der Waals surface area contributed by atoms with Crippen LogP contribution in [-0.2, 0) is 12.5 Å². The van der Waals surface area contributed by atoms with E-state index in [-0.39, 0.29) is 5.41 Å². The van der Waals surface area contributed by atoms with Crippen molar-refractivity contribution in [3.8, 4) is 5.75 Å². The average Bonchev–Trinajstić information content (AvgIpc) is 2.68. The van der Waals surface area contributed by atoms with Gasteiger partial charge >= 0.3 is 0 Å². The van der Waals surface area contributed by atoms with E-state index in [4.69, 9.17) is 4.74 Å². The summed E-state index contributed by atoms with van der Waals surface area (Å²) in [7, 11) is 4.16. The summed E-state index contributed by atoms with van der Waals surface area (Å²) in [5.41, 5.74) is 3.04. The summed E-state index contributed by atoms with van der Waals surface area (Å²) in [4.78, 5) is 2.26. The Kier molecular flexibility index (Phi) is 2.51. The van der Waals surface area contributed by atoms with E-state index >= 15 is 0 Å². The SMILES string of the molecule is CN1c2ccccc2C(C)(C)C12C=Cc1c(ccc[n+]1C)O2. The minimum Gasteiger partial charge on any atom is -0.456 e. The van der Waals surface area contributed by atoms with Crippen LogP contribution in [0.5, 0.6) is 5.75 Å². The van der Waals surface area contributed by atoms with Gasteiger partial charge in [0.25, 0.3) is 0 Å². The maximum Gasteiger partial charge on any atom is 0.247 e. The van der Waals surface area contributed by atoms with Gasteiger partial charge < -0.3 is 9.64 Å². The van der Waals surface area contributed by atoms with Crippen molar-refractivity contribution in [2.75, 3.05) is 11.9 Å². The van der Waals surface area contributed by atoms with Gasteiger partial charge in [-0.05, 0) is 37.6 Å². The molecule has 2 aliphatic heterocycles. The summed E-state index contributed by atoms with van der Waals surface area (Å²) in [6.07, 6.45) is 6.43. The monoisotopic (exact) mass is 293 g/mol. The van der Waals surface area contributed by atoms with Gasteiger partial charge in [0.15, 0.2) is 11.9 Å². The Morgan fingerprint density at radius 1 is 1.09 bits per heavy atom. The molecule has 2 aromatic rings. The molecule has 3 heteroatoms. The van der Waals surface area contributed by atoms with Gasteiger partial charge in [0, 0.05) is 24.9 Å². The highest BCUT2D eigenvalue weighted by Crippen LogP contribution is 2.53. The number of para-hydroxylation sites is 1. The third-order valence-electron chi connectivity index (χ3n) is 5.25. The van der Waals surface area contributed by atoms with Crippen LogP contribution in [0.1, 0.15) is 25.1 Å². The van der Waals surface area contributed by atoms with Crippen molar-refractivity contribution < 1.29 is 9.30 Å². The fourth-order valence-corrected chi connectivity index (χ4v) is 3.88. The molecule has 1 aromatic heterocycles. The molecule has 1 unspecified atom stereocenters. The summed E-state index contributed by atoms with van der Waals surface area (Å²) in [6.45, 7) is 4.52. The molecule has 1 atom stereocenters. The van der Waals surface area contributed by atoms with Gasteiger partial charge in [0.05, 0.1) is 5.41 Å². The summed E-state index contributed by atoms with van der Waals surface area (Å²) in [5.74, 6) is 0.931. The maximum absolute atomic E-state index is 6.59. The van der Waals surface area contributed by atoms with E-state index < -0.39 is 5.72 Å². The minimum absolute atomic E-state index is 0.138. The van der Waals surface area contributed by atoms with Crippen LogP contribution in [-0.4, -0.2) is 12.8 Å². The van der Waals surface area contributed by atoms with Gasteiger partial charge in [-0.3, -0.25) is 0 Å². The van der Waals surface area contributed by atoms with Crippen LogP contribution in [0.15, 0.2) is 48.7 Å². The smallest absolute Gasteiger partial charge is 0.247 e. The van der Waals surface area contributed by atoms with Gasteiger partial charge in [0.1, 0.15) is 7.05 Å². The molecular weight excluding hydrogens is 272 g/mol. The fourth-order valence-electron chi connectivity index (χ4n) is 3.88. The van der Waals surface area contributed by atoms with Crippen LogP contribution in [0, 0.1) is 0 Å². The average molecular weight is 293 g/mol. The first-order valence-corrected chi connectivity index (χ1v) is 7.68. The van der Waals surface area contributed by atoms with Crippen LogP contribution in [0.3, 0.4) is 0 Å². The summed E-state index contributed by atoms with van der Waals surface area (Å²) in [5, 5.41) is 0. The highest BCUT2D eigenvalue weighted by molar-refractivity contribution is 5.70. The Morgan fingerprint density at radius 2 is 1.86 bits per heavy atom. The second-order valence-corrected chi connectivity index (χ2v) is 6.70. The number of aryl methyl sites for hydroxylation is 1. The standard InChI is InChI=1S/C19H21N2O/c1-18(2)14-8-5-6-9-15(14)21(4)19(18)12-11-16-17(22-19)10-7-13-20(16)3/h5-13H,1-4H3/q+1. The van der Waals surface area contributed by atoms with E-state index in [1.165, 1.54) is 11.3 Å². The lowest BCUT2D eigenvalue weighted by atomic mass is 9.76. The molecule has 112 valence electrons. The Bertz CT molecular complexity index is 794.